The zero-order chi connectivity index (χ0) is 24.3. The van der Waals surface area contributed by atoms with Crippen LogP contribution in [0.1, 0.15) is 21.7 Å². The topological polar surface area (TPSA) is 90.3 Å². The van der Waals surface area contributed by atoms with Gasteiger partial charge in [0.2, 0.25) is 11.1 Å². The molecule has 0 aliphatic rings. The molecular formula is C21H14F5N3O4. The second-order valence-electron chi connectivity index (χ2n) is 6.71. The summed E-state index contributed by atoms with van der Waals surface area (Å²) in [4.78, 5) is 36.3. The number of esters is 1. The Labute approximate surface area is 182 Å². The van der Waals surface area contributed by atoms with Crippen LogP contribution in [-0.2, 0) is 15.7 Å². The number of aromatic nitrogens is 2. The van der Waals surface area contributed by atoms with Gasteiger partial charge >= 0.3 is 12.1 Å². The molecule has 0 unspecified atom stereocenters. The number of rotatable bonds is 5. The van der Waals surface area contributed by atoms with Crippen molar-refractivity contribution in [2.24, 2.45) is 0 Å². The number of nitrogens with one attached hydrogen (secondary N) is 1. The highest BCUT2D eigenvalue weighted by atomic mass is 19.4. The number of hydrogen-bond donors (Lipinski definition) is 1. The van der Waals surface area contributed by atoms with E-state index < -0.39 is 58.7 Å². The first-order valence-corrected chi connectivity index (χ1v) is 9.16. The van der Waals surface area contributed by atoms with Gasteiger partial charge in [-0.25, -0.2) is 18.3 Å². The van der Waals surface area contributed by atoms with E-state index in [0.29, 0.717) is 6.07 Å². The number of carbonyl (C=O) groups is 2. The Morgan fingerprint density at radius 1 is 1.09 bits per heavy atom. The number of hydrogen-bond acceptors (Lipinski definition) is 5. The molecule has 0 spiro atoms. The van der Waals surface area contributed by atoms with E-state index in [9.17, 15) is 36.3 Å². The van der Waals surface area contributed by atoms with Gasteiger partial charge in [-0.2, -0.15) is 18.3 Å². The molecule has 0 saturated carbocycles. The summed E-state index contributed by atoms with van der Waals surface area (Å²) in [6, 6.07) is 7.33. The van der Waals surface area contributed by atoms with Gasteiger partial charge in [-0.3, -0.25) is 9.59 Å². The predicted octanol–water partition coefficient (Wildman–Crippen LogP) is 3.63. The molecule has 1 N–H and O–H groups in total. The second-order valence-corrected chi connectivity index (χ2v) is 6.71. The first kappa shape index (κ1) is 23.6. The first-order chi connectivity index (χ1) is 15.5. The number of nitrogens with zero attached hydrogens (tertiary/aromatic N) is 2. The highest BCUT2D eigenvalue weighted by Gasteiger charge is 2.30. The number of ether oxygens (including phenoxy) is 1. The normalized spacial score (nSPS) is 11.2. The Morgan fingerprint density at radius 2 is 1.82 bits per heavy atom. The van der Waals surface area contributed by atoms with Crippen molar-refractivity contribution < 1.29 is 36.3 Å². The molecule has 172 valence electrons. The average molecular weight is 467 g/mol. The van der Waals surface area contributed by atoms with Gasteiger partial charge < -0.3 is 10.1 Å². The summed E-state index contributed by atoms with van der Waals surface area (Å²) in [5.74, 6) is -4.11. The predicted molar refractivity (Wildman–Crippen MR) is 105 cm³/mol. The number of carbonyl (C=O) groups excluding carboxylic acids is 2. The Bertz CT molecular complexity index is 1290. The smallest absolute Gasteiger partial charge is 0.416 e. The minimum absolute atomic E-state index is 0.0734. The summed E-state index contributed by atoms with van der Waals surface area (Å²) in [7, 11) is 0. The van der Waals surface area contributed by atoms with Crippen LogP contribution in [0.4, 0.5) is 27.6 Å². The third-order valence-electron chi connectivity index (χ3n) is 4.26. The average Bonchev–Trinajstić information content (AvgIpc) is 2.74. The number of amides is 1. The molecule has 0 saturated heterocycles. The van der Waals surface area contributed by atoms with E-state index >= 15 is 0 Å². The molecule has 0 aliphatic carbocycles. The molecule has 33 heavy (non-hydrogen) atoms. The van der Waals surface area contributed by atoms with Crippen LogP contribution < -0.4 is 10.7 Å². The highest BCUT2D eigenvalue weighted by molar-refractivity contribution is 5.94. The summed E-state index contributed by atoms with van der Waals surface area (Å²) in [6.07, 6.45) is -4.63. The molecule has 1 aromatic heterocycles. The molecule has 0 aliphatic heterocycles. The van der Waals surface area contributed by atoms with Crippen molar-refractivity contribution in [1.82, 2.24) is 9.78 Å². The van der Waals surface area contributed by atoms with Gasteiger partial charge in [0.05, 0.1) is 16.9 Å². The molecular weight excluding hydrogens is 453 g/mol. The number of benzene rings is 2. The van der Waals surface area contributed by atoms with Crippen LogP contribution in [0.2, 0.25) is 0 Å². The fraction of sp³-hybridized carbons (Fsp3) is 0.143. The molecule has 7 nitrogen and oxygen atoms in total. The molecule has 0 radical (unpaired) electrons. The van der Waals surface area contributed by atoms with E-state index in [1.807, 2.05) is 5.32 Å². The molecule has 12 heteroatoms. The lowest BCUT2D eigenvalue weighted by Crippen LogP contribution is -2.27. The van der Waals surface area contributed by atoms with Crippen LogP contribution in [0.3, 0.4) is 0 Å². The van der Waals surface area contributed by atoms with Crippen LogP contribution in [0.15, 0.2) is 53.3 Å². The lowest BCUT2D eigenvalue weighted by Gasteiger charge is -2.13. The van der Waals surface area contributed by atoms with Crippen LogP contribution in [-0.4, -0.2) is 28.3 Å². The maximum absolute atomic E-state index is 13.6. The van der Waals surface area contributed by atoms with Gasteiger partial charge in [0.15, 0.2) is 6.61 Å². The summed E-state index contributed by atoms with van der Waals surface area (Å²) in [5.41, 5.74) is -3.08. The monoisotopic (exact) mass is 467 g/mol. The zero-order valence-corrected chi connectivity index (χ0v) is 16.7. The van der Waals surface area contributed by atoms with Gasteiger partial charge in [-0.05, 0) is 37.3 Å². The van der Waals surface area contributed by atoms with Gasteiger partial charge in [-0.15, -0.1) is 0 Å². The Balaban J connectivity index is 1.79. The Morgan fingerprint density at radius 3 is 2.52 bits per heavy atom. The summed E-state index contributed by atoms with van der Waals surface area (Å²) in [6.45, 7) is 0.429. The fourth-order valence-corrected chi connectivity index (χ4v) is 2.74. The third kappa shape index (κ3) is 5.59. The van der Waals surface area contributed by atoms with Gasteiger partial charge in [0.25, 0.3) is 5.91 Å². The van der Waals surface area contributed by atoms with Crippen molar-refractivity contribution in [3.63, 3.8) is 0 Å². The molecule has 0 fully saturated rings. The van der Waals surface area contributed by atoms with Crippen molar-refractivity contribution in [1.29, 1.82) is 0 Å². The van der Waals surface area contributed by atoms with Crippen LogP contribution in [0, 0.1) is 18.6 Å². The van der Waals surface area contributed by atoms with E-state index in [0.717, 1.165) is 41.1 Å². The van der Waals surface area contributed by atoms with Crippen molar-refractivity contribution in [3.05, 3.63) is 87.3 Å². The van der Waals surface area contributed by atoms with Crippen LogP contribution >= 0.6 is 0 Å². The lowest BCUT2D eigenvalue weighted by molar-refractivity contribution is -0.137. The Hall–Kier alpha value is -4.09. The fourth-order valence-electron chi connectivity index (χ4n) is 2.74. The number of alkyl halides is 3. The minimum Gasteiger partial charge on any atom is -0.451 e. The van der Waals surface area contributed by atoms with Crippen LogP contribution in [0.25, 0.3) is 5.69 Å². The third-order valence-corrected chi connectivity index (χ3v) is 4.26. The number of aryl methyl sites for hydroxylation is 1. The van der Waals surface area contributed by atoms with E-state index in [2.05, 4.69) is 5.10 Å². The second kappa shape index (κ2) is 9.18. The van der Waals surface area contributed by atoms with E-state index in [1.165, 1.54) is 13.0 Å². The number of anilines is 1. The van der Waals surface area contributed by atoms with Crippen molar-refractivity contribution >= 4 is 17.6 Å². The zero-order valence-electron chi connectivity index (χ0n) is 16.7. The molecule has 1 amide bonds. The van der Waals surface area contributed by atoms with Crippen molar-refractivity contribution in [2.45, 2.75) is 13.1 Å². The van der Waals surface area contributed by atoms with Gasteiger partial charge in [-0.1, -0.05) is 6.07 Å². The SMILES string of the molecule is Cc1cc(=O)c(C(=O)OCC(=O)Nc2cc(F)ccc2F)nn1-c1cccc(C(F)(F)F)c1. The highest BCUT2D eigenvalue weighted by Crippen LogP contribution is 2.30. The van der Waals surface area contributed by atoms with Crippen molar-refractivity contribution in [2.75, 3.05) is 11.9 Å². The van der Waals surface area contributed by atoms with Crippen LogP contribution in [0.5, 0.6) is 0 Å². The minimum atomic E-state index is -4.63. The summed E-state index contributed by atoms with van der Waals surface area (Å²) in [5, 5.41) is 5.77. The molecule has 0 atom stereocenters. The van der Waals surface area contributed by atoms with E-state index in [-0.39, 0.29) is 11.4 Å². The van der Waals surface area contributed by atoms with Crippen molar-refractivity contribution in [3.8, 4) is 5.69 Å². The summed E-state index contributed by atoms with van der Waals surface area (Å²) >= 11 is 0. The van der Waals surface area contributed by atoms with Gasteiger partial charge in [0.1, 0.15) is 11.6 Å². The molecule has 0 bridgehead atoms. The molecule has 3 rings (SSSR count). The lowest BCUT2D eigenvalue weighted by atomic mass is 10.2. The molecule has 1 heterocycles. The van der Waals surface area contributed by atoms with Gasteiger partial charge in [0, 0.05) is 17.8 Å². The number of halogens is 5. The largest absolute Gasteiger partial charge is 0.451 e. The maximum atomic E-state index is 13.6. The Kier molecular flexibility index (Phi) is 6.56. The quantitative estimate of drug-likeness (QED) is 0.457. The maximum Gasteiger partial charge on any atom is 0.416 e. The summed E-state index contributed by atoms with van der Waals surface area (Å²) < 4.78 is 71.4. The molecule has 3 aromatic rings. The standard InChI is InChI=1S/C21H14F5N3O4/c1-11-7-17(30)19(28-29(11)14-4-2-3-12(8-14)21(24,25)26)20(32)33-10-18(31)27-16-9-13(22)5-6-15(16)23/h2-9H,10H2,1H3,(H,27,31). The van der Waals surface area contributed by atoms with E-state index in [1.54, 1.807) is 0 Å². The first-order valence-electron chi connectivity index (χ1n) is 9.16. The molecule has 2 aromatic carbocycles. The van der Waals surface area contributed by atoms with E-state index in [4.69, 9.17) is 4.74 Å².